The highest BCUT2D eigenvalue weighted by atomic mass is 19.3. The van der Waals surface area contributed by atoms with Crippen LogP contribution in [0.5, 0.6) is 0 Å². The number of fused-ring (bicyclic) bond motifs is 1. The van der Waals surface area contributed by atoms with Gasteiger partial charge in [-0.15, -0.1) is 0 Å². The van der Waals surface area contributed by atoms with Crippen LogP contribution < -0.4 is 5.32 Å². The predicted octanol–water partition coefficient (Wildman–Crippen LogP) is 1.63. The van der Waals surface area contributed by atoms with E-state index in [0.717, 1.165) is 0 Å². The maximum Gasteiger partial charge on any atom is 0.255 e. The molecule has 4 nitrogen and oxygen atoms in total. The second kappa shape index (κ2) is 3.57. The minimum Gasteiger partial charge on any atom is -0.364 e. The van der Waals surface area contributed by atoms with Crippen LogP contribution in [0.2, 0.25) is 0 Å². The number of hydrogen-bond donors (Lipinski definition) is 2. The zero-order valence-electron chi connectivity index (χ0n) is 7.17. The Bertz CT molecular complexity index is 426. The van der Waals surface area contributed by atoms with E-state index in [0.29, 0.717) is 16.9 Å². The summed E-state index contributed by atoms with van der Waals surface area (Å²) in [6, 6.07) is 1.74. The summed E-state index contributed by atoms with van der Waals surface area (Å²) in [6.07, 6.45) is 0.624. The molecule has 2 aromatic heterocycles. The van der Waals surface area contributed by atoms with Crippen molar-refractivity contribution in [3.63, 3.8) is 0 Å². The van der Waals surface area contributed by atoms with Gasteiger partial charge in [-0.2, -0.15) is 0 Å². The van der Waals surface area contributed by atoms with E-state index in [-0.39, 0.29) is 0 Å². The summed E-state index contributed by atoms with van der Waals surface area (Å²) in [4.78, 5) is 10.7. The lowest BCUT2D eigenvalue weighted by atomic mass is 10.4. The smallest absolute Gasteiger partial charge is 0.255 e. The first-order valence-corrected chi connectivity index (χ1v) is 4.07. The highest BCUT2D eigenvalue weighted by Crippen LogP contribution is 2.17. The van der Waals surface area contributed by atoms with Gasteiger partial charge in [0.05, 0.1) is 11.9 Å². The SMILES string of the molecule is FC(F)CNc1ncnc2[nH]ccc12. The lowest BCUT2D eigenvalue weighted by Crippen LogP contribution is -2.11. The Morgan fingerprint density at radius 2 is 2.29 bits per heavy atom. The van der Waals surface area contributed by atoms with Gasteiger partial charge >= 0.3 is 0 Å². The molecule has 2 heterocycles. The average molecular weight is 198 g/mol. The number of aromatic amines is 1. The van der Waals surface area contributed by atoms with Crippen molar-refractivity contribution in [2.75, 3.05) is 11.9 Å². The molecule has 0 atom stereocenters. The molecule has 2 aromatic rings. The molecule has 0 saturated carbocycles. The molecule has 0 bridgehead atoms. The van der Waals surface area contributed by atoms with Crippen molar-refractivity contribution >= 4 is 16.9 Å². The summed E-state index contributed by atoms with van der Waals surface area (Å²) in [5, 5.41) is 3.27. The van der Waals surface area contributed by atoms with Crippen molar-refractivity contribution in [2.24, 2.45) is 0 Å². The first kappa shape index (κ1) is 8.86. The molecule has 0 aromatic carbocycles. The molecule has 0 aliphatic carbocycles. The molecule has 2 rings (SSSR count). The fraction of sp³-hybridized carbons (Fsp3) is 0.250. The average Bonchev–Trinajstić information content (AvgIpc) is 2.62. The maximum atomic E-state index is 11.9. The summed E-state index contributed by atoms with van der Waals surface area (Å²) in [6.45, 7) is -0.405. The third kappa shape index (κ3) is 1.63. The largest absolute Gasteiger partial charge is 0.364 e. The van der Waals surface area contributed by atoms with Gasteiger partial charge < -0.3 is 10.3 Å². The number of alkyl halides is 2. The first-order valence-electron chi connectivity index (χ1n) is 4.07. The van der Waals surface area contributed by atoms with Gasteiger partial charge in [-0.3, -0.25) is 0 Å². The van der Waals surface area contributed by atoms with E-state index in [1.54, 1.807) is 12.3 Å². The van der Waals surface area contributed by atoms with Crippen LogP contribution in [-0.4, -0.2) is 27.9 Å². The second-order valence-corrected chi connectivity index (χ2v) is 2.73. The van der Waals surface area contributed by atoms with Crippen LogP contribution >= 0.6 is 0 Å². The third-order valence-corrected chi connectivity index (χ3v) is 1.78. The Labute approximate surface area is 78.4 Å². The maximum absolute atomic E-state index is 11.9. The van der Waals surface area contributed by atoms with E-state index in [9.17, 15) is 8.78 Å². The van der Waals surface area contributed by atoms with Crippen LogP contribution in [-0.2, 0) is 0 Å². The van der Waals surface area contributed by atoms with Gasteiger partial charge in [0, 0.05) is 6.20 Å². The van der Waals surface area contributed by atoms with Gasteiger partial charge in [0.25, 0.3) is 6.43 Å². The molecule has 14 heavy (non-hydrogen) atoms. The molecule has 0 radical (unpaired) electrons. The fourth-order valence-electron chi connectivity index (χ4n) is 1.19. The highest BCUT2D eigenvalue weighted by Gasteiger charge is 2.06. The lowest BCUT2D eigenvalue weighted by molar-refractivity contribution is 0.163. The van der Waals surface area contributed by atoms with Gasteiger partial charge in [0.1, 0.15) is 17.8 Å². The normalized spacial score (nSPS) is 11.1. The predicted molar refractivity (Wildman–Crippen MR) is 48.4 cm³/mol. The highest BCUT2D eigenvalue weighted by molar-refractivity contribution is 5.86. The quantitative estimate of drug-likeness (QED) is 0.788. The van der Waals surface area contributed by atoms with Crippen molar-refractivity contribution < 1.29 is 8.78 Å². The van der Waals surface area contributed by atoms with Crippen molar-refractivity contribution in [3.05, 3.63) is 18.6 Å². The molecule has 0 saturated heterocycles. The van der Waals surface area contributed by atoms with Crippen LogP contribution in [0.1, 0.15) is 0 Å². The molecule has 74 valence electrons. The molecule has 0 aliphatic rings. The number of nitrogens with one attached hydrogen (secondary N) is 2. The number of nitrogens with zero attached hydrogens (tertiary/aromatic N) is 2. The zero-order valence-corrected chi connectivity index (χ0v) is 7.17. The molecule has 2 N–H and O–H groups in total. The van der Waals surface area contributed by atoms with Crippen molar-refractivity contribution in [2.45, 2.75) is 6.43 Å². The number of rotatable bonds is 3. The Balaban J connectivity index is 2.27. The van der Waals surface area contributed by atoms with E-state index in [4.69, 9.17) is 0 Å². The van der Waals surface area contributed by atoms with E-state index in [2.05, 4.69) is 20.3 Å². The summed E-state index contributed by atoms with van der Waals surface area (Å²) in [7, 11) is 0. The molecule has 0 unspecified atom stereocenters. The summed E-state index contributed by atoms with van der Waals surface area (Å²) in [5.41, 5.74) is 0.636. The first-order chi connectivity index (χ1) is 6.77. The topological polar surface area (TPSA) is 53.6 Å². The number of aromatic nitrogens is 3. The van der Waals surface area contributed by atoms with E-state index >= 15 is 0 Å². The number of halogens is 2. The molecule has 0 amide bonds. The standard InChI is InChI=1S/C8H8F2N4/c9-6(10)3-12-8-5-1-2-11-7(5)13-4-14-8/h1-2,4,6H,3H2,(H2,11,12,13,14). The van der Waals surface area contributed by atoms with Crippen LogP contribution in [0.4, 0.5) is 14.6 Å². The summed E-state index contributed by atoms with van der Waals surface area (Å²) in [5.74, 6) is 0.427. The molecule has 6 heteroatoms. The van der Waals surface area contributed by atoms with Gasteiger partial charge in [-0.25, -0.2) is 18.7 Å². The Kier molecular flexibility index (Phi) is 2.26. The van der Waals surface area contributed by atoms with Crippen molar-refractivity contribution in [1.82, 2.24) is 15.0 Å². The zero-order chi connectivity index (χ0) is 9.97. The Morgan fingerprint density at radius 3 is 3.07 bits per heavy atom. The van der Waals surface area contributed by atoms with Gasteiger partial charge in [0.2, 0.25) is 0 Å². The summed E-state index contributed by atoms with van der Waals surface area (Å²) < 4.78 is 23.9. The van der Waals surface area contributed by atoms with E-state index in [1.807, 2.05) is 0 Å². The van der Waals surface area contributed by atoms with Crippen LogP contribution in [0.15, 0.2) is 18.6 Å². The van der Waals surface area contributed by atoms with Crippen LogP contribution in [0.3, 0.4) is 0 Å². The van der Waals surface area contributed by atoms with E-state index < -0.39 is 13.0 Å². The Morgan fingerprint density at radius 1 is 1.43 bits per heavy atom. The summed E-state index contributed by atoms with van der Waals surface area (Å²) >= 11 is 0. The van der Waals surface area contributed by atoms with Crippen molar-refractivity contribution in [1.29, 1.82) is 0 Å². The third-order valence-electron chi connectivity index (χ3n) is 1.78. The van der Waals surface area contributed by atoms with Crippen LogP contribution in [0.25, 0.3) is 11.0 Å². The van der Waals surface area contributed by atoms with Gasteiger partial charge in [-0.05, 0) is 6.07 Å². The number of anilines is 1. The lowest BCUT2D eigenvalue weighted by Gasteiger charge is -2.04. The van der Waals surface area contributed by atoms with Gasteiger partial charge in [-0.1, -0.05) is 0 Å². The number of hydrogen-bond acceptors (Lipinski definition) is 3. The second-order valence-electron chi connectivity index (χ2n) is 2.73. The minimum atomic E-state index is -2.39. The number of H-pyrrole nitrogens is 1. The van der Waals surface area contributed by atoms with Gasteiger partial charge in [0.15, 0.2) is 0 Å². The molecular weight excluding hydrogens is 190 g/mol. The van der Waals surface area contributed by atoms with Crippen molar-refractivity contribution in [3.8, 4) is 0 Å². The fourth-order valence-corrected chi connectivity index (χ4v) is 1.19. The molecule has 0 fully saturated rings. The Hall–Kier alpha value is -1.72. The monoisotopic (exact) mass is 198 g/mol. The molecular formula is C8H8F2N4. The minimum absolute atomic E-state index is 0.405. The van der Waals surface area contributed by atoms with Crippen LogP contribution in [0, 0.1) is 0 Å². The molecule has 0 spiro atoms. The van der Waals surface area contributed by atoms with E-state index in [1.165, 1.54) is 6.33 Å². The molecule has 0 aliphatic heterocycles.